The van der Waals surface area contributed by atoms with Gasteiger partial charge in [-0.2, -0.15) is 0 Å². The van der Waals surface area contributed by atoms with Gasteiger partial charge in [-0.15, -0.1) is 0 Å². The summed E-state index contributed by atoms with van der Waals surface area (Å²) in [5.74, 6) is -0.0778. The summed E-state index contributed by atoms with van der Waals surface area (Å²) in [4.78, 5) is 26.1. The predicted molar refractivity (Wildman–Crippen MR) is 137 cm³/mol. The van der Waals surface area contributed by atoms with Crippen LogP contribution in [-0.2, 0) is 17.7 Å². The van der Waals surface area contributed by atoms with Crippen molar-refractivity contribution in [2.24, 2.45) is 0 Å². The second-order valence-corrected chi connectivity index (χ2v) is 8.85. The van der Waals surface area contributed by atoms with Crippen LogP contribution in [0, 0.1) is 0 Å². The number of Topliss-reactive ketones (excluding diaryl/α,β-unsaturated/α-hetero) is 1. The summed E-state index contributed by atoms with van der Waals surface area (Å²) >= 11 is 0. The quantitative estimate of drug-likeness (QED) is 0.207. The van der Waals surface area contributed by atoms with Crippen molar-refractivity contribution in [3.63, 3.8) is 0 Å². The van der Waals surface area contributed by atoms with Crippen molar-refractivity contribution in [2.75, 3.05) is 6.61 Å². The minimum absolute atomic E-state index is 0.133. The number of ketones is 1. The Morgan fingerprint density at radius 2 is 1.53 bits per heavy atom. The van der Waals surface area contributed by atoms with Crippen molar-refractivity contribution in [3.8, 4) is 0 Å². The van der Waals surface area contributed by atoms with Gasteiger partial charge < -0.3 is 9.30 Å². The third-order valence-electron chi connectivity index (χ3n) is 6.11. The maximum Gasteiger partial charge on any atom is 0.338 e. The van der Waals surface area contributed by atoms with Gasteiger partial charge in [-0.1, -0.05) is 80.6 Å². The maximum absolute atomic E-state index is 13.6. The van der Waals surface area contributed by atoms with Gasteiger partial charge in [0, 0.05) is 29.6 Å². The normalized spacial score (nSPS) is 11.2. The molecule has 0 fully saturated rings. The van der Waals surface area contributed by atoms with E-state index in [1.807, 2.05) is 48.5 Å². The molecule has 0 spiro atoms. The van der Waals surface area contributed by atoms with Gasteiger partial charge in [0.25, 0.3) is 0 Å². The van der Waals surface area contributed by atoms with Crippen molar-refractivity contribution in [3.05, 3.63) is 107 Å². The monoisotopic (exact) mass is 453 g/mol. The molecule has 0 bridgehead atoms. The van der Waals surface area contributed by atoms with Crippen molar-refractivity contribution < 1.29 is 14.3 Å². The van der Waals surface area contributed by atoms with Crippen molar-refractivity contribution in [1.29, 1.82) is 0 Å². The zero-order valence-corrected chi connectivity index (χ0v) is 20.1. The van der Waals surface area contributed by atoms with Gasteiger partial charge in [0.1, 0.15) is 0 Å². The zero-order chi connectivity index (χ0) is 24.1. The number of benzene rings is 3. The molecule has 4 heteroatoms. The lowest BCUT2D eigenvalue weighted by Gasteiger charge is -2.15. The Morgan fingerprint density at radius 1 is 0.882 bits per heavy atom. The third kappa shape index (κ3) is 4.96. The van der Waals surface area contributed by atoms with Crippen LogP contribution in [0.15, 0.2) is 78.9 Å². The van der Waals surface area contributed by atoms with E-state index in [1.165, 1.54) is 0 Å². The molecule has 0 radical (unpaired) electrons. The molecule has 0 amide bonds. The number of rotatable bonds is 9. The van der Waals surface area contributed by atoms with Crippen molar-refractivity contribution in [2.45, 2.75) is 46.1 Å². The van der Waals surface area contributed by atoms with Gasteiger partial charge in [0.2, 0.25) is 0 Å². The number of carbonyl (C=O) groups is 2. The zero-order valence-electron chi connectivity index (χ0n) is 20.1. The first-order valence-corrected chi connectivity index (χ1v) is 11.9. The summed E-state index contributed by atoms with van der Waals surface area (Å²) in [7, 11) is 0. The third-order valence-corrected chi connectivity index (χ3v) is 6.11. The lowest BCUT2D eigenvalue weighted by Crippen LogP contribution is -2.11. The van der Waals surface area contributed by atoms with Crippen LogP contribution in [-0.4, -0.2) is 22.9 Å². The Bertz CT molecular complexity index is 1290. The van der Waals surface area contributed by atoms with Crippen LogP contribution in [0.5, 0.6) is 0 Å². The van der Waals surface area contributed by atoms with Gasteiger partial charge in [-0.3, -0.25) is 4.79 Å². The number of aromatic nitrogens is 1. The van der Waals surface area contributed by atoms with Crippen molar-refractivity contribution >= 4 is 22.7 Å². The number of hydrogen-bond donors (Lipinski definition) is 0. The molecular formula is C30H31NO3. The van der Waals surface area contributed by atoms with Gasteiger partial charge in [-0.05, 0) is 42.5 Å². The largest absolute Gasteiger partial charge is 0.462 e. The van der Waals surface area contributed by atoms with E-state index >= 15 is 0 Å². The summed E-state index contributed by atoms with van der Waals surface area (Å²) in [5, 5.41) is 0.894. The molecule has 0 aliphatic heterocycles. The summed E-state index contributed by atoms with van der Waals surface area (Å²) in [6.45, 7) is 6.99. The SMILES string of the molecule is CCOC(=O)c1ccc2c(C(=O)CCc3ccccc3)c(C(C)C)n(Cc3ccccc3)c2c1. The number of esters is 1. The van der Waals surface area contributed by atoms with Crippen molar-refractivity contribution in [1.82, 2.24) is 4.57 Å². The molecule has 1 aromatic heterocycles. The van der Waals surface area contributed by atoms with Gasteiger partial charge in [-0.25, -0.2) is 4.79 Å². The summed E-state index contributed by atoms with van der Waals surface area (Å²) < 4.78 is 7.44. The molecule has 4 nitrogen and oxygen atoms in total. The molecule has 0 saturated carbocycles. The van der Waals surface area contributed by atoms with Crippen LogP contribution in [0.25, 0.3) is 10.9 Å². The first-order valence-electron chi connectivity index (χ1n) is 11.9. The smallest absolute Gasteiger partial charge is 0.338 e. The molecule has 0 N–H and O–H groups in total. The highest BCUT2D eigenvalue weighted by atomic mass is 16.5. The van der Waals surface area contributed by atoms with Crippen LogP contribution in [0.1, 0.15) is 70.6 Å². The highest BCUT2D eigenvalue weighted by Crippen LogP contribution is 2.34. The molecule has 34 heavy (non-hydrogen) atoms. The van der Waals surface area contributed by atoms with Gasteiger partial charge >= 0.3 is 5.97 Å². The Labute approximate surface area is 201 Å². The Kier molecular flexibility index (Phi) is 7.27. The maximum atomic E-state index is 13.6. The van der Waals surface area contributed by atoms with E-state index in [0.717, 1.165) is 33.3 Å². The Morgan fingerprint density at radius 3 is 2.15 bits per heavy atom. The summed E-state index contributed by atoms with van der Waals surface area (Å²) in [5.41, 5.74) is 5.47. The van der Waals surface area contributed by atoms with E-state index in [-0.39, 0.29) is 17.7 Å². The molecule has 174 valence electrons. The van der Waals surface area contributed by atoms with E-state index in [0.29, 0.717) is 31.6 Å². The van der Waals surface area contributed by atoms with Crippen LogP contribution < -0.4 is 0 Å². The molecule has 3 aromatic carbocycles. The minimum Gasteiger partial charge on any atom is -0.462 e. The molecule has 0 aliphatic rings. The number of ether oxygens (including phenoxy) is 1. The van der Waals surface area contributed by atoms with E-state index in [9.17, 15) is 9.59 Å². The Hall–Kier alpha value is -3.66. The fraction of sp³-hybridized carbons (Fsp3) is 0.267. The second kappa shape index (κ2) is 10.5. The second-order valence-electron chi connectivity index (χ2n) is 8.85. The predicted octanol–water partition coefficient (Wildman–Crippen LogP) is 6.81. The number of carbonyl (C=O) groups excluding carboxylic acids is 2. The lowest BCUT2D eigenvalue weighted by atomic mass is 9.96. The molecule has 0 unspecified atom stereocenters. The van der Waals surface area contributed by atoms with E-state index < -0.39 is 0 Å². The van der Waals surface area contributed by atoms with Crippen LogP contribution in [0.4, 0.5) is 0 Å². The first kappa shape index (κ1) is 23.5. The number of aryl methyl sites for hydroxylation is 1. The molecule has 4 aromatic rings. The average molecular weight is 454 g/mol. The molecule has 0 aliphatic carbocycles. The van der Waals surface area contributed by atoms with Crippen LogP contribution in [0.2, 0.25) is 0 Å². The fourth-order valence-corrected chi connectivity index (χ4v) is 4.57. The topological polar surface area (TPSA) is 48.3 Å². The standard InChI is InChI=1S/C30H31NO3/c1-4-34-30(33)24-16-17-25-26(19-24)31(20-23-13-9-6-10-14-23)29(21(2)3)28(25)27(32)18-15-22-11-7-5-8-12-22/h5-14,16-17,19,21H,4,15,18,20H2,1-3H3. The lowest BCUT2D eigenvalue weighted by molar-refractivity contribution is 0.0526. The molecule has 0 atom stereocenters. The number of hydrogen-bond acceptors (Lipinski definition) is 3. The first-order chi connectivity index (χ1) is 16.5. The highest BCUT2D eigenvalue weighted by molar-refractivity contribution is 6.11. The summed E-state index contributed by atoms with van der Waals surface area (Å²) in [6.07, 6.45) is 1.14. The number of nitrogens with zero attached hydrogens (tertiary/aromatic N) is 1. The molecule has 4 rings (SSSR count). The van der Waals surface area contributed by atoms with Gasteiger partial charge in [0.05, 0.1) is 17.7 Å². The van der Waals surface area contributed by atoms with Crippen LogP contribution >= 0.6 is 0 Å². The molecule has 1 heterocycles. The summed E-state index contributed by atoms with van der Waals surface area (Å²) in [6, 6.07) is 25.9. The van der Waals surface area contributed by atoms with E-state index in [4.69, 9.17) is 4.74 Å². The minimum atomic E-state index is -0.347. The Balaban J connectivity index is 1.83. The van der Waals surface area contributed by atoms with E-state index in [1.54, 1.807) is 13.0 Å². The highest BCUT2D eigenvalue weighted by Gasteiger charge is 2.25. The van der Waals surface area contributed by atoms with Gasteiger partial charge in [0.15, 0.2) is 5.78 Å². The van der Waals surface area contributed by atoms with Crippen LogP contribution in [0.3, 0.4) is 0 Å². The average Bonchev–Trinajstić information content (AvgIpc) is 3.17. The number of fused-ring (bicyclic) bond motifs is 1. The fourth-order valence-electron chi connectivity index (χ4n) is 4.57. The molecular weight excluding hydrogens is 422 g/mol. The van der Waals surface area contributed by atoms with E-state index in [2.05, 4.69) is 42.7 Å². The molecule has 0 saturated heterocycles.